The van der Waals surface area contributed by atoms with Crippen molar-refractivity contribution in [1.82, 2.24) is 20.2 Å². The average Bonchev–Trinajstić information content (AvgIpc) is 3.57. The number of nitrogens with zero attached hydrogens (tertiary/aromatic N) is 3. The molecule has 1 atom stereocenters. The van der Waals surface area contributed by atoms with Gasteiger partial charge < -0.3 is 25.4 Å². The zero-order chi connectivity index (χ0) is 24.6. The van der Waals surface area contributed by atoms with Crippen molar-refractivity contribution in [2.75, 3.05) is 31.6 Å². The van der Waals surface area contributed by atoms with E-state index in [4.69, 9.17) is 4.74 Å². The molecule has 2 saturated heterocycles. The van der Waals surface area contributed by atoms with Crippen molar-refractivity contribution in [2.45, 2.75) is 70.1 Å². The fraction of sp³-hybridized carbons (Fsp3) is 0.600. The Kier molecular flexibility index (Phi) is 6.78. The quantitative estimate of drug-likeness (QED) is 0.536. The molecule has 3 aliphatic rings. The summed E-state index contributed by atoms with van der Waals surface area (Å²) in [6.45, 7) is 5.19. The van der Waals surface area contributed by atoms with E-state index in [1.54, 1.807) is 6.20 Å². The molecule has 3 fully saturated rings. The van der Waals surface area contributed by atoms with E-state index >= 15 is 0 Å². The van der Waals surface area contributed by atoms with Gasteiger partial charge in [0, 0.05) is 30.4 Å². The van der Waals surface area contributed by atoms with Crippen LogP contribution in [0.2, 0.25) is 0 Å². The van der Waals surface area contributed by atoms with Gasteiger partial charge >= 0.3 is 0 Å². The van der Waals surface area contributed by atoms with Gasteiger partial charge in [-0.2, -0.15) is 0 Å². The molecule has 10 heteroatoms. The number of aromatic nitrogens is 2. The van der Waals surface area contributed by atoms with Crippen molar-refractivity contribution in [1.29, 1.82) is 0 Å². The van der Waals surface area contributed by atoms with E-state index in [0.29, 0.717) is 23.2 Å². The van der Waals surface area contributed by atoms with Crippen LogP contribution in [0.3, 0.4) is 0 Å². The molecular weight excluding hydrogens is 466 g/mol. The maximum absolute atomic E-state index is 13.5. The van der Waals surface area contributed by atoms with Crippen LogP contribution < -0.4 is 10.6 Å². The maximum Gasteiger partial charge on any atom is 0.280 e. The van der Waals surface area contributed by atoms with Crippen LogP contribution in [-0.4, -0.2) is 75.8 Å². The summed E-state index contributed by atoms with van der Waals surface area (Å²) in [5, 5.41) is 16.7. The molecule has 35 heavy (non-hydrogen) atoms. The lowest BCUT2D eigenvalue weighted by atomic mass is 10.0. The summed E-state index contributed by atoms with van der Waals surface area (Å²) < 4.78 is 5.04. The highest BCUT2D eigenvalue weighted by Gasteiger charge is 2.37. The zero-order valence-electron chi connectivity index (χ0n) is 20.3. The fourth-order valence-electron chi connectivity index (χ4n) is 5.03. The first-order chi connectivity index (χ1) is 16.8. The minimum atomic E-state index is -1.04. The van der Waals surface area contributed by atoms with Gasteiger partial charge in [-0.1, -0.05) is 12.8 Å². The van der Waals surface area contributed by atoms with Crippen LogP contribution in [0.25, 0.3) is 10.4 Å². The molecule has 0 radical (unpaired) electrons. The van der Waals surface area contributed by atoms with Crippen LogP contribution in [-0.2, 0) is 4.74 Å². The standard InChI is InChI=1S/C25H33N5O4S/c1-15-10-19(28-17-7-3-4-8-17)26-11-18(15)21-20(24(32)30-9-5-6-16(30)2)29-23(35-21)22(31)27-12-25(33)13-34-14-25/h10-11,16-17,33H,3-9,12-14H2,1-2H3,(H,26,28)(H,27,31)/t16-/m0/s1. The molecule has 188 valence electrons. The smallest absolute Gasteiger partial charge is 0.280 e. The van der Waals surface area contributed by atoms with Crippen molar-refractivity contribution < 1.29 is 19.4 Å². The predicted molar refractivity (Wildman–Crippen MR) is 134 cm³/mol. The Bertz CT molecular complexity index is 1110. The molecule has 0 unspecified atom stereocenters. The number of amides is 2. The molecule has 1 aliphatic carbocycles. The summed E-state index contributed by atoms with van der Waals surface area (Å²) in [7, 11) is 0. The van der Waals surface area contributed by atoms with E-state index < -0.39 is 11.5 Å². The SMILES string of the molecule is Cc1cc(NC2CCCC2)ncc1-c1sc(C(=O)NCC2(O)COC2)nc1C(=O)N1CCC[C@@H]1C. The Hall–Kier alpha value is -2.56. The first kappa shape index (κ1) is 24.1. The Morgan fingerprint density at radius 3 is 2.66 bits per heavy atom. The van der Waals surface area contributed by atoms with E-state index in [1.165, 1.54) is 24.2 Å². The highest BCUT2D eigenvalue weighted by Crippen LogP contribution is 2.35. The van der Waals surface area contributed by atoms with Crippen LogP contribution in [0.5, 0.6) is 0 Å². The number of ether oxygens (including phenoxy) is 1. The summed E-state index contributed by atoms with van der Waals surface area (Å²) in [5.41, 5.74) is 1.03. The lowest BCUT2D eigenvalue weighted by Gasteiger charge is -2.36. The van der Waals surface area contributed by atoms with Crippen molar-refractivity contribution in [2.24, 2.45) is 0 Å². The third-order valence-corrected chi connectivity index (χ3v) is 8.31. The van der Waals surface area contributed by atoms with E-state index in [2.05, 4.69) is 20.6 Å². The molecule has 5 rings (SSSR count). The topological polar surface area (TPSA) is 117 Å². The number of anilines is 1. The van der Waals surface area contributed by atoms with Gasteiger partial charge in [-0.15, -0.1) is 11.3 Å². The second kappa shape index (κ2) is 9.83. The van der Waals surface area contributed by atoms with Crippen LogP contribution in [0.4, 0.5) is 5.82 Å². The van der Waals surface area contributed by atoms with E-state index in [0.717, 1.165) is 42.6 Å². The summed E-state index contributed by atoms with van der Waals surface area (Å²) in [4.78, 5) is 38.1. The molecule has 2 aromatic heterocycles. The molecule has 2 aliphatic heterocycles. The van der Waals surface area contributed by atoms with Gasteiger partial charge in [0.1, 0.15) is 17.1 Å². The van der Waals surface area contributed by atoms with Crippen molar-refractivity contribution in [3.63, 3.8) is 0 Å². The minimum absolute atomic E-state index is 0.0787. The second-order valence-corrected chi connectivity index (χ2v) is 11.1. The highest BCUT2D eigenvalue weighted by molar-refractivity contribution is 7.17. The second-order valence-electron chi connectivity index (χ2n) is 10.1. The highest BCUT2D eigenvalue weighted by atomic mass is 32.1. The molecular formula is C25H33N5O4S. The van der Waals surface area contributed by atoms with Gasteiger partial charge in [0.2, 0.25) is 0 Å². The van der Waals surface area contributed by atoms with Crippen molar-refractivity contribution in [3.8, 4) is 10.4 Å². The lowest BCUT2D eigenvalue weighted by Crippen LogP contribution is -2.56. The number of thiazole rings is 1. The van der Waals surface area contributed by atoms with E-state index in [-0.39, 0.29) is 36.7 Å². The monoisotopic (exact) mass is 499 g/mol. The first-order valence-corrected chi connectivity index (χ1v) is 13.3. The zero-order valence-corrected chi connectivity index (χ0v) is 21.1. The summed E-state index contributed by atoms with van der Waals surface area (Å²) in [5.74, 6) is 0.270. The molecule has 3 N–H and O–H groups in total. The molecule has 9 nitrogen and oxygen atoms in total. The van der Waals surface area contributed by atoms with Crippen molar-refractivity contribution >= 4 is 29.0 Å². The average molecular weight is 500 g/mol. The molecule has 2 amide bonds. The maximum atomic E-state index is 13.5. The van der Waals surface area contributed by atoms with Gasteiger partial charge in [0.15, 0.2) is 5.01 Å². The molecule has 0 bridgehead atoms. The number of nitrogens with one attached hydrogen (secondary N) is 2. The number of pyridine rings is 1. The number of aliphatic hydroxyl groups is 1. The predicted octanol–water partition coefficient (Wildman–Crippen LogP) is 2.98. The Morgan fingerprint density at radius 2 is 2.03 bits per heavy atom. The third-order valence-electron chi connectivity index (χ3n) is 7.22. The van der Waals surface area contributed by atoms with Crippen LogP contribution >= 0.6 is 11.3 Å². The van der Waals surface area contributed by atoms with Crippen LogP contribution in [0, 0.1) is 6.92 Å². The third kappa shape index (κ3) is 5.05. The van der Waals surface area contributed by atoms with Crippen LogP contribution in [0.15, 0.2) is 12.3 Å². The number of rotatable bonds is 7. The molecule has 0 aromatic carbocycles. The molecule has 2 aromatic rings. The van der Waals surface area contributed by atoms with Gasteiger partial charge in [0.25, 0.3) is 11.8 Å². The van der Waals surface area contributed by atoms with E-state index in [9.17, 15) is 14.7 Å². The van der Waals surface area contributed by atoms with Gasteiger partial charge in [-0.25, -0.2) is 9.97 Å². The molecule has 0 spiro atoms. The Labute approximate surface area is 209 Å². The largest absolute Gasteiger partial charge is 0.383 e. The number of likely N-dealkylation sites (tertiary alicyclic amines) is 1. The first-order valence-electron chi connectivity index (χ1n) is 12.5. The number of aryl methyl sites for hydroxylation is 1. The number of carbonyl (C=O) groups excluding carboxylic acids is 2. The molecule has 4 heterocycles. The van der Waals surface area contributed by atoms with Crippen molar-refractivity contribution in [3.05, 3.63) is 28.5 Å². The lowest BCUT2D eigenvalue weighted by molar-refractivity contribution is -0.173. The fourth-order valence-corrected chi connectivity index (χ4v) is 6.08. The van der Waals surface area contributed by atoms with E-state index in [1.807, 2.05) is 24.8 Å². The Balaban J connectivity index is 1.43. The van der Waals surface area contributed by atoms with Gasteiger partial charge in [-0.3, -0.25) is 9.59 Å². The number of hydrogen-bond acceptors (Lipinski definition) is 8. The van der Waals surface area contributed by atoms with Gasteiger partial charge in [0.05, 0.1) is 24.6 Å². The summed E-state index contributed by atoms with van der Waals surface area (Å²) >= 11 is 1.19. The minimum Gasteiger partial charge on any atom is -0.383 e. The Morgan fingerprint density at radius 1 is 1.26 bits per heavy atom. The molecule has 1 saturated carbocycles. The number of hydrogen-bond donors (Lipinski definition) is 3. The summed E-state index contributed by atoms with van der Waals surface area (Å²) in [6, 6.07) is 2.60. The van der Waals surface area contributed by atoms with Gasteiger partial charge in [-0.05, 0) is 51.2 Å². The van der Waals surface area contributed by atoms with Crippen LogP contribution in [0.1, 0.15) is 71.3 Å². The normalized spacial score (nSPS) is 21.7. The number of carbonyl (C=O) groups is 2. The summed E-state index contributed by atoms with van der Waals surface area (Å²) in [6.07, 6.45) is 8.49.